The summed E-state index contributed by atoms with van der Waals surface area (Å²) in [5.74, 6) is 2.08. The van der Waals surface area contributed by atoms with Gasteiger partial charge in [-0.3, -0.25) is 4.79 Å². The number of ketones is 1. The summed E-state index contributed by atoms with van der Waals surface area (Å²) in [5, 5.41) is 0.110. The van der Waals surface area contributed by atoms with Crippen LogP contribution in [0.25, 0.3) is 0 Å². The Kier molecular flexibility index (Phi) is 6.04. The molecule has 1 aromatic rings. The van der Waals surface area contributed by atoms with Gasteiger partial charge in [-0.2, -0.15) is 0 Å². The van der Waals surface area contributed by atoms with Gasteiger partial charge in [-0.25, -0.2) is 0 Å². The van der Waals surface area contributed by atoms with E-state index in [-0.39, 0.29) is 16.4 Å². The number of hydrogen-bond acceptors (Lipinski definition) is 3. The largest absolute Gasteiger partial charge is 0.543 e. The van der Waals surface area contributed by atoms with E-state index in [9.17, 15) is 4.79 Å². The SMILES string of the molecule is COc1cc(CC2C(=O)CCC2(C)C)c(O[Si](C)(C)C(C)(C)C)cc1Br. The minimum Gasteiger partial charge on any atom is -0.543 e. The topological polar surface area (TPSA) is 35.5 Å². The lowest BCUT2D eigenvalue weighted by molar-refractivity contribution is -0.121. The van der Waals surface area contributed by atoms with Crippen molar-refractivity contribution >= 4 is 30.0 Å². The van der Waals surface area contributed by atoms with Crippen LogP contribution in [0, 0.1) is 11.3 Å². The molecule has 1 unspecified atom stereocenters. The number of carbonyl (C=O) groups excluding carboxylic acids is 1. The van der Waals surface area contributed by atoms with E-state index < -0.39 is 8.32 Å². The molecular formula is C21H33BrO3Si. The van der Waals surface area contributed by atoms with Gasteiger partial charge in [0.05, 0.1) is 11.6 Å². The number of benzene rings is 1. The highest BCUT2D eigenvalue weighted by Crippen LogP contribution is 2.45. The minimum atomic E-state index is -1.98. The van der Waals surface area contributed by atoms with Gasteiger partial charge in [-0.15, -0.1) is 0 Å². The summed E-state index contributed by atoms with van der Waals surface area (Å²) in [6.07, 6.45) is 2.35. The van der Waals surface area contributed by atoms with Crippen molar-refractivity contribution in [1.29, 1.82) is 0 Å². The first-order valence-electron chi connectivity index (χ1n) is 9.36. The fourth-order valence-electron chi connectivity index (χ4n) is 3.26. The molecule has 1 atom stereocenters. The molecule has 0 aliphatic heterocycles. The molecular weight excluding hydrogens is 408 g/mol. The van der Waals surface area contributed by atoms with Gasteiger partial charge >= 0.3 is 0 Å². The fourth-order valence-corrected chi connectivity index (χ4v) is 4.79. The van der Waals surface area contributed by atoms with Crippen LogP contribution >= 0.6 is 15.9 Å². The summed E-state index contributed by atoms with van der Waals surface area (Å²) < 4.78 is 13.0. The molecule has 3 nitrogen and oxygen atoms in total. The van der Waals surface area contributed by atoms with Crippen LogP contribution in [0.5, 0.6) is 11.5 Å². The van der Waals surface area contributed by atoms with Crippen molar-refractivity contribution in [2.24, 2.45) is 11.3 Å². The van der Waals surface area contributed by atoms with Gasteiger partial charge < -0.3 is 9.16 Å². The molecule has 2 rings (SSSR count). The minimum absolute atomic E-state index is 0.0334. The van der Waals surface area contributed by atoms with Crippen LogP contribution < -0.4 is 9.16 Å². The van der Waals surface area contributed by atoms with Gasteiger partial charge in [0.25, 0.3) is 0 Å². The van der Waals surface area contributed by atoms with Crippen molar-refractivity contribution in [3.05, 3.63) is 22.2 Å². The monoisotopic (exact) mass is 440 g/mol. The first-order chi connectivity index (χ1) is 11.8. The lowest BCUT2D eigenvalue weighted by Crippen LogP contribution is -2.44. The molecule has 0 bridgehead atoms. The lowest BCUT2D eigenvalue weighted by Gasteiger charge is -2.37. The molecule has 1 fully saturated rings. The highest BCUT2D eigenvalue weighted by Gasteiger charge is 2.42. The Hall–Kier alpha value is -0.813. The van der Waals surface area contributed by atoms with Crippen molar-refractivity contribution in [3.63, 3.8) is 0 Å². The molecule has 0 radical (unpaired) electrons. The predicted molar refractivity (Wildman–Crippen MR) is 114 cm³/mol. The molecule has 1 aromatic carbocycles. The quantitative estimate of drug-likeness (QED) is 0.497. The third kappa shape index (κ3) is 4.36. The van der Waals surface area contributed by atoms with Crippen molar-refractivity contribution in [2.75, 3.05) is 7.11 Å². The van der Waals surface area contributed by atoms with Crippen LogP contribution in [0.2, 0.25) is 18.1 Å². The summed E-state index contributed by atoms with van der Waals surface area (Å²) in [6.45, 7) is 15.6. The van der Waals surface area contributed by atoms with Gasteiger partial charge in [0.15, 0.2) is 0 Å². The molecule has 1 aliphatic carbocycles. The average molecular weight is 441 g/mol. The highest BCUT2D eigenvalue weighted by atomic mass is 79.9. The molecule has 0 aromatic heterocycles. The zero-order valence-electron chi connectivity index (χ0n) is 17.5. The standard InChI is InChI=1S/C21H33BrO3Si/c1-20(2,3)26(7,8)25-18-13-16(22)19(24-6)12-14(18)11-15-17(23)9-10-21(15,4)5/h12-13,15H,9-11H2,1-8H3. The molecule has 0 saturated heterocycles. The summed E-state index contributed by atoms with van der Waals surface area (Å²) in [7, 11) is -0.313. The van der Waals surface area contributed by atoms with Crippen LogP contribution in [0.4, 0.5) is 0 Å². The van der Waals surface area contributed by atoms with Crippen LogP contribution in [-0.4, -0.2) is 21.2 Å². The normalized spacial score (nSPS) is 20.3. The second kappa shape index (κ2) is 7.31. The Morgan fingerprint density at radius 3 is 2.31 bits per heavy atom. The second-order valence-electron chi connectivity index (χ2n) is 9.67. The molecule has 0 heterocycles. The van der Waals surface area contributed by atoms with E-state index in [2.05, 4.69) is 63.6 Å². The summed E-state index contributed by atoms with van der Waals surface area (Å²) in [5.41, 5.74) is 1.11. The molecule has 5 heteroatoms. The van der Waals surface area contributed by atoms with Crippen molar-refractivity contribution in [2.45, 2.75) is 72.0 Å². The van der Waals surface area contributed by atoms with Gasteiger partial charge in [-0.1, -0.05) is 34.6 Å². The van der Waals surface area contributed by atoms with Crippen LogP contribution in [0.3, 0.4) is 0 Å². The first kappa shape index (κ1) is 21.5. The zero-order chi connectivity index (χ0) is 19.9. The Bertz CT molecular complexity index is 689. The van der Waals surface area contributed by atoms with Crippen LogP contribution in [0.15, 0.2) is 16.6 Å². The van der Waals surface area contributed by atoms with Gasteiger partial charge in [0, 0.05) is 12.3 Å². The molecule has 146 valence electrons. The first-order valence-corrected chi connectivity index (χ1v) is 13.1. The lowest BCUT2D eigenvalue weighted by atomic mass is 9.78. The Morgan fingerprint density at radius 2 is 1.85 bits per heavy atom. The van der Waals surface area contributed by atoms with E-state index in [0.717, 1.165) is 28.0 Å². The van der Waals surface area contributed by atoms with Gasteiger partial charge in [-0.05, 0) is 70.0 Å². The summed E-state index contributed by atoms with van der Waals surface area (Å²) in [4.78, 5) is 12.5. The maximum absolute atomic E-state index is 12.5. The zero-order valence-corrected chi connectivity index (χ0v) is 20.0. The number of Topliss-reactive ketones (excluding diaryl/α,β-unsaturated/α-hetero) is 1. The Morgan fingerprint density at radius 1 is 1.23 bits per heavy atom. The number of halogens is 1. The summed E-state index contributed by atoms with van der Waals surface area (Å²) in [6, 6.07) is 4.05. The molecule has 26 heavy (non-hydrogen) atoms. The maximum atomic E-state index is 12.5. The van der Waals surface area contributed by atoms with E-state index in [1.165, 1.54) is 0 Å². The fraction of sp³-hybridized carbons (Fsp3) is 0.667. The molecule has 1 saturated carbocycles. The number of rotatable bonds is 5. The molecule has 0 spiro atoms. The second-order valence-corrected chi connectivity index (χ2v) is 15.2. The van der Waals surface area contributed by atoms with Crippen molar-refractivity contribution in [1.82, 2.24) is 0 Å². The number of ether oxygens (including phenoxy) is 1. The maximum Gasteiger partial charge on any atom is 0.250 e. The van der Waals surface area contributed by atoms with Crippen LogP contribution in [0.1, 0.15) is 53.0 Å². The average Bonchev–Trinajstić information content (AvgIpc) is 2.74. The molecule has 0 amide bonds. The Balaban J connectivity index is 2.45. The summed E-state index contributed by atoms with van der Waals surface area (Å²) >= 11 is 3.59. The Labute approximate surface area is 168 Å². The number of hydrogen-bond donors (Lipinski definition) is 0. The number of carbonyl (C=O) groups is 1. The van der Waals surface area contributed by atoms with E-state index in [0.29, 0.717) is 18.6 Å². The van der Waals surface area contributed by atoms with E-state index in [4.69, 9.17) is 9.16 Å². The van der Waals surface area contributed by atoms with Crippen molar-refractivity contribution < 1.29 is 14.0 Å². The van der Waals surface area contributed by atoms with E-state index in [1.54, 1.807) is 7.11 Å². The smallest absolute Gasteiger partial charge is 0.250 e. The molecule has 0 N–H and O–H groups in total. The third-order valence-corrected chi connectivity index (χ3v) is 11.2. The predicted octanol–water partition coefficient (Wildman–Crippen LogP) is 6.39. The number of methoxy groups -OCH3 is 1. The van der Waals surface area contributed by atoms with Crippen LogP contribution in [-0.2, 0) is 11.2 Å². The molecule has 1 aliphatic rings. The highest BCUT2D eigenvalue weighted by molar-refractivity contribution is 9.10. The van der Waals surface area contributed by atoms with Crippen molar-refractivity contribution in [3.8, 4) is 11.5 Å². The van der Waals surface area contributed by atoms with E-state index in [1.807, 2.05) is 12.1 Å². The third-order valence-electron chi connectivity index (χ3n) is 6.28. The van der Waals surface area contributed by atoms with E-state index >= 15 is 0 Å². The van der Waals surface area contributed by atoms with Gasteiger partial charge in [0.1, 0.15) is 17.3 Å². The van der Waals surface area contributed by atoms with Gasteiger partial charge in [0.2, 0.25) is 8.32 Å².